The first-order valence-corrected chi connectivity index (χ1v) is 9.31. The number of carbonyl (C=O) groups is 1. The summed E-state index contributed by atoms with van der Waals surface area (Å²) in [5, 5.41) is 5.32. The van der Waals surface area contributed by atoms with Crippen LogP contribution in [0.2, 0.25) is 0 Å². The SMILES string of the molecule is CCCCOc1ccccc1[C@H]1CC(=O)Nc2c1ccc1ccccc21. The van der Waals surface area contributed by atoms with E-state index < -0.39 is 0 Å². The molecular formula is C23H23NO2. The van der Waals surface area contributed by atoms with E-state index in [2.05, 4.69) is 42.6 Å². The Bertz CT molecular complexity index is 948. The monoisotopic (exact) mass is 345 g/mol. The predicted molar refractivity (Wildman–Crippen MR) is 106 cm³/mol. The summed E-state index contributed by atoms with van der Waals surface area (Å²) in [4.78, 5) is 12.5. The predicted octanol–water partition coefficient (Wildman–Crippen LogP) is 5.49. The number of benzene rings is 3. The topological polar surface area (TPSA) is 38.3 Å². The Hall–Kier alpha value is -2.81. The van der Waals surface area contributed by atoms with Crippen LogP contribution in [0, 0.1) is 0 Å². The van der Waals surface area contributed by atoms with Gasteiger partial charge in [-0.2, -0.15) is 0 Å². The minimum atomic E-state index is 0.0150. The van der Waals surface area contributed by atoms with Crippen molar-refractivity contribution < 1.29 is 9.53 Å². The fraction of sp³-hybridized carbons (Fsp3) is 0.261. The van der Waals surface area contributed by atoms with E-state index in [1.807, 2.05) is 30.3 Å². The molecule has 4 rings (SSSR count). The summed E-state index contributed by atoms with van der Waals surface area (Å²) in [6.07, 6.45) is 2.57. The van der Waals surface area contributed by atoms with Crippen LogP contribution in [0.4, 0.5) is 5.69 Å². The molecule has 0 aliphatic carbocycles. The van der Waals surface area contributed by atoms with Gasteiger partial charge in [0, 0.05) is 23.3 Å². The third-order valence-electron chi connectivity index (χ3n) is 5.04. The average Bonchev–Trinajstić information content (AvgIpc) is 2.68. The van der Waals surface area contributed by atoms with Gasteiger partial charge in [0.25, 0.3) is 0 Å². The molecule has 26 heavy (non-hydrogen) atoms. The van der Waals surface area contributed by atoms with Crippen LogP contribution in [0.25, 0.3) is 10.8 Å². The molecule has 0 aromatic heterocycles. The van der Waals surface area contributed by atoms with Crippen molar-refractivity contribution in [1.82, 2.24) is 0 Å². The van der Waals surface area contributed by atoms with E-state index in [0.29, 0.717) is 13.0 Å². The Morgan fingerprint density at radius 2 is 1.81 bits per heavy atom. The molecule has 3 heteroatoms. The molecule has 3 nitrogen and oxygen atoms in total. The minimum absolute atomic E-state index is 0.0150. The normalized spacial score (nSPS) is 16.2. The van der Waals surface area contributed by atoms with Crippen LogP contribution in [0.1, 0.15) is 43.2 Å². The minimum Gasteiger partial charge on any atom is -0.493 e. The molecule has 132 valence electrons. The van der Waals surface area contributed by atoms with Crippen molar-refractivity contribution in [3.05, 3.63) is 71.8 Å². The van der Waals surface area contributed by atoms with Crippen LogP contribution >= 0.6 is 0 Å². The van der Waals surface area contributed by atoms with Crippen molar-refractivity contribution in [2.45, 2.75) is 32.1 Å². The first-order valence-electron chi connectivity index (χ1n) is 9.31. The molecule has 0 bridgehead atoms. The lowest BCUT2D eigenvalue weighted by atomic mass is 9.83. The van der Waals surface area contributed by atoms with E-state index in [9.17, 15) is 4.79 Å². The molecule has 3 aromatic carbocycles. The number of fused-ring (bicyclic) bond motifs is 3. The molecule has 0 fully saturated rings. The van der Waals surface area contributed by atoms with Gasteiger partial charge >= 0.3 is 0 Å². The highest BCUT2D eigenvalue weighted by atomic mass is 16.5. The molecular weight excluding hydrogens is 322 g/mol. The third-order valence-corrected chi connectivity index (χ3v) is 5.04. The van der Waals surface area contributed by atoms with Gasteiger partial charge in [0.05, 0.1) is 12.3 Å². The smallest absolute Gasteiger partial charge is 0.225 e. The molecule has 0 saturated heterocycles. The summed E-state index contributed by atoms with van der Waals surface area (Å²) in [5.74, 6) is 0.961. The molecule has 0 spiro atoms. The van der Waals surface area contributed by atoms with Gasteiger partial charge in [-0.1, -0.05) is 67.9 Å². The molecule has 3 aromatic rings. The highest BCUT2D eigenvalue weighted by Crippen LogP contribution is 2.43. The van der Waals surface area contributed by atoms with Gasteiger partial charge in [-0.3, -0.25) is 4.79 Å². The molecule has 1 amide bonds. The summed E-state index contributed by atoms with van der Waals surface area (Å²) in [6, 6.07) is 20.6. The number of anilines is 1. The van der Waals surface area contributed by atoms with E-state index in [0.717, 1.165) is 46.2 Å². The van der Waals surface area contributed by atoms with Gasteiger partial charge in [-0.15, -0.1) is 0 Å². The Morgan fingerprint density at radius 1 is 1.00 bits per heavy atom. The fourth-order valence-corrected chi connectivity index (χ4v) is 3.71. The second-order valence-electron chi connectivity index (χ2n) is 6.80. The largest absolute Gasteiger partial charge is 0.493 e. The summed E-state index contributed by atoms with van der Waals surface area (Å²) in [5.41, 5.74) is 3.19. The van der Waals surface area contributed by atoms with Crippen molar-refractivity contribution >= 4 is 22.4 Å². The lowest BCUT2D eigenvalue weighted by Gasteiger charge is -2.28. The number of para-hydroxylation sites is 1. The lowest BCUT2D eigenvalue weighted by Crippen LogP contribution is -2.24. The summed E-state index contributed by atoms with van der Waals surface area (Å²) < 4.78 is 6.04. The van der Waals surface area contributed by atoms with Crippen molar-refractivity contribution in [3.63, 3.8) is 0 Å². The number of hydrogen-bond acceptors (Lipinski definition) is 2. The summed E-state index contributed by atoms with van der Waals surface area (Å²) in [6.45, 7) is 2.86. The second-order valence-corrected chi connectivity index (χ2v) is 6.80. The molecule has 0 saturated carbocycles. The van der Waals surface area contributed by atoms with Crippen LogP contribution in [0.15, 0.2) is 60.7 Å². The maximum Gasteiger partial charge on any atom is 0.225 e. The third kappa shape index (κ3) is 3.05. The maximum absolute atomic E-state index is 12.5. The summed E-state index contributed by atoms with van der Waals surface area (Å²) >= 11 is 0. The average molecular weight is 345 g/mol. The number of carbonyl (C=O) groups excluding carboxylic acids is 1. The molecule has 1 N–H and O–H groups in total. The quantitative estimate of drug-likeness (QED) is 0.621. The molecule has 0 unspecified atom stereocenters. The number of unbranched alkanes of at least 4 members (excludes halogenated alkanes) is 1. The van der Waals surface area contributed by atoms with Crippen LogP contribution in [0.5, 0.6) is 5.75 Å². The van der Waals surface area contributed by atoms with Gasteiger partial charge in [-0.05, 0) is 23.4 Å². The van der Waals surface area contributed by atoms with E-state index in [1.54, 1.807) is 0 Å². The van der Waals surface area contributed by atoms with Crippen molar-refractivity contribution in [2.75, 3.05) is 11.9 Å². The highest BCUT2D eigenvalue weighted by molar-refractivity contribution is 6.06. The fourth-order valence-electron chi connectivity index (χ4n) is 3.71. The molecule has 1 atom stereocenters. The highest BCUT2D eigenvalue weighted by Gasteiger charge is 2.29. The van der Waals surface area contributed by atoms with E-state index >= 15 is 0 Å². The number of ether oxygens (including phenoxy) is 1. The van der Waals surface area contributed by atoms with Crippen molar-refractivity contribution in [2.24, 2.45) is 0 Å². The van der Waals surface area contributed by atoms with Crippen molar-refractivity contribution in [1.29, 1.82) is 0 Å². The number of rotatable bonds is 5. The van der Waals surface area contributed by atoms with Gasteiger partial charge < -0.3 is 10.1 Å². The van der Waals surface area contributed by atoms with Gasteiger partial charge in [0.1, 0.15) is 5.75 Å². The summed E-state index contributed by atoms with van der Waals surface area (Å²) in [7, 11) is 0. The van der Waals surface area contributed by atoms with Crippen LogP contribution in [-0.2, 0) is 4.79 Å². The first kappa shape index (κ1) is 16.6. The Morgan fingerprint density at radius 3 is 2.69 bits per heavy atom. The maximum atomic E-state index is 12.5. The van der Waals surface area contributed by atoms with E-state index in [1.165, 1.54) is 0 Å². The number of amides is 1. The second kappa shape index (κ2) is 7.20. The molecule has 1 aliphatic heterocycles. The van der Waals surface area contributed by atoms with E-state index in [4.69, 9.17) is 4.74 Å². The molecule has 0 radical (unpaired) electrons. The van der Waals surface area contributed by atoms with E-state index in [-0.39, 0.29) is 11.8 Å². The lowest BCUT2D eigenvalue weighted by molar-refractivity contribution is -0.116. The van der Waals surface area contributed by atoms with Crippen LogP contribution in [-0.4, -0.2) is 12.5 Å². The molecule has 1 heterocycles. The zero-order valence-electron chi connectivity index (χ0n) is 15.0. The zero-order valence-corrected chi connectivity index (χ0v) is 15.0. The Kier molecular flexibility index (Phi) is 4.61. The van der Waals surface area contributed by atoms with Gasteiger partial charge in [0.15, 0.2) is 0 Å². The van der Waals surface area contributed by atoms with Crippen LogP contribution < -0.4 is 10.1 Å². The van der Waals surface area contributed by atoms with Gasteiger partial charge in [0.2, 0.25) is 5.91 Å². The van der Waals surface area contributed by atoms with Crippen molar-refractivity contribution in [3.8, 4) is 5.75 Å². The standard InChI is InChI=1S/C23H23NO2/c1-2-3-14-26-21-11-7-6-10-18(21)20-15-22(25)24-23-17-9-5-4-8-16(17)12-13-19(20)23/h4-13,20H,2-3,14-15H2,1H3,(H,24,25)/t20-/m1/s1. The van der Waals surface area contributed by atoms with Gasteiger partial charge in [-0.25, -0.2) is 0 Å². The van der Waals surface area contributed by atoms with Crippen LogP contribution in [0.3, 0.4) is 0 Å². The Labute approximate surface area is 154 Å². The number of hydrogen-bond donors (Lipinski definition) is 1. The first-order chi connectivity index (χ1) is 12.8. The Balaban J connectivity index is 1.80. The molecule has 1 aliphatic rings. The number of nitrogens with one attached hydrogen (secondary N) is 1. The zero-order chi connectivity index (χ0) is 17.9.